The number of aliphatic hydroxyl groups excluding tert-OH is 1. The van der Waals surface area contributed by atoms with Crippen LogP contribution >= 0.6 is 0 Å². The Hall–Kier alpha value is -3.90. The van der Waals surface area contributed by atoms with Crippen LogP contribution in [0.15, 0.2) is 36.4 Å². The first-order valence-electron chi connectivity index (χ1n) is 19.0. The van der Waals surface area contributed by atoms with Gasteiger partial charge in [-0.25, -0.2) is 8.78 Å². The summed E-state index contributed by atoms with van der Waals surface area (Å²) in [6, 6.07) is 7.02. The molecule has 0 radical (unpaired) electrons. The molecular weight excluding hydrogens is 668 g/mol. The summed E-state index contributed by atoms with van der Waals surface area (Å²) in [4.78, 5) is 55.8. The van der Waals surface area contributed by atoms with Gasteiger partial charge < -0.3 is 31.3 Å². The summed E-state index contributed by atoms with van der Waals surface area (Å²) in [5.41, 5.74) is 7.10. The van der Waals surface area contributed by atoms with Gasteiger partial charge in [0, 0.05) is 62.8 Å². The first-order valence-corrected chi connectivity index (χ1v) is 19.0. The summed E-state index contributed by atoms with van der Waals surface area (Å²) >= 11 is 0. The van der Waals surface area contributed by atoms with Crippen molar-refractivity contribution >= 4 is 23.6 Å². The first-order chi connectivity index (χ1) is 24.9. The number of nitrogens with one attached hydrogen (secondary N) is 2. The molecule has 3 rings (SSSR count). The number of hydrogen-bond donors (Lipinski definition) is 4. The minimum atomic E-state index is -1.16. The van der Waals surface area contributed by atoms with Crippen LogP contribution in [0.4, 0.5) is 8.78 Å². The Morgan fingerprint density at radius 1 is 0.923 bits per heavy atom. The predicted molar refractivity (Wildman–Crippen MR) is 199 cm³/mol. The molecule has 0 bridgehead atoms. The second kappa shape index (κ2) is 22.2. The third-order valence-corrected chi connectivity index (χ3v) is 9.62. The van der Waals surface area contributed by atoms with Crippen LogP contribution in [0, 0.1) is 24.5 Å². The topological polar surface area (TPSA) is 145 Å². The smallest absolute Gasteiger partial charge is 0.253 e. The van der Waals surface area contributed by atoms with Gasteiger partial charge in [-0.15, -0.1) is 0 Å². The van der Waals surface area contributed by atoms with Crippen molar-refractivity contribution in [2.45, 2.75) is 110 Å². The van der Waals surface area contributed by atoms with Crippen LogP contribution < -0.4 is 16.4 Å². The highest BCUT2D eigenvalue weighted by Crippen LogP contribution is 2.23. The lowest BCUT2D eigenvalue weighted by Crippen LogP contribution is -2.46. The number of unbranched alkanes of at least 4 members (excludes halogenated alkanes) is 2. The lowest BCUT2D eigenvalue weighted by molar-refractivity contribution is -0.133. The van der Waals surface area contributed by atoms with Crippen molar-refractivity contribution in [2.75, 3.05) is 39.3 Å². The van der Waals surface area contributed by atoms with E-state index in [9.17, 15) is 33.1 Å². The third-order valence-electron chi connectivity index (χ3n) is 9.62. The summed E-state index contributed by atoms with van der Waals surface area (Å²) in [5.74, 6) is -1.89. The van der Waals surface area contributed by atoms with Gasteiger partial charge in [-0.05, 0) is 119 Å². The number of aliphatic hydroxyl groups is 1. The highest BCUT2D eigenvalue weighted by atomic mass is 19.1. The number of halogens is 2. The van der Waals surface area contributed by atoms with Gasteiger partial charge in [-0.3, -0.25) is 19.2 Å². The summed E-state index contributed by atoms with van der Waals surface area (Å²) in [7, 11) is 0. The van der Waals surface area contributed by atoms with Gasteiger partial charge in [0.05, 0.1) is 12.1 Å². The van der Waals surface area contributed by atoms with E-state index in [2.05, 4.69) is 10.6 Å². The molecule has 0 saturated carbocycles. The van der Waals surface area contributed by atoms with E-state index >= 15 is 0 Å². The Bertz CT molecular complexity index is 1440. The van der Waals surface area contributed by atoms with E-state index in [-0.39, 0.29) is 48.2 Å². The van der Waals surface area contributed by atoms with E-state index in [0.29, 0.717) is 69.0 Å². The van der Waals surface area contributed by atoms with Crippen LogP contribution in [-0.4, -0.2) is 89.9 Å². The highest BCUT2D eigenvalue weighted by molar-refractivity contribution is 6.00. The number of amides is 4. The number of benzene rings is 2. The number of carbonyl (C=O) groups is 4. The standard InChI is InChI=1S/C40H59F2N5O5/c1-4-17-47(18-5-2)40(52)32-22-28(3)21-31(26-32)39(51)45-35(25-30-23-33(41)27-34(42)24-30)36(48)12-16-44-37(49)11-10-29-13-19-46(20-14-29)38(50)9-7-6-8-15-43/h21-24,26-27,29,35-36,48H,4-20,25,43H2,1-3H3,(H,44,49)(H,45,51)/t35-,36+/m0/s1. The number of carbonyl (C=O) groups excluding carboxylic acids is 4. The lowest BCUT2D eigenvalue weighted by atomic mass is 9.91. The van der Waals surface area contributed by atoms with Crippen molar-refractivity contribution in [1.82, 2.24) is 20.4 Å². The zero-order chi connectivity index (χ0) is 38.0. The summed E-state index contributed by atoms with van der Waals surface area (Å²) in [6.07, 6.45) is 6.47. The molecule has 12 heteroatoms. The Morgan fingerprint density at radius 2 is 1.58 bits per heavy atom. The number of piperidine rings is 1. The summed E-state index contributed by atoms with van der Waals surface area (Å²) < 4.78 is 28.1. The summed E-state index contributed by atoms with van der Waals surface area (Å²) in [5, 5.41) is 16.9. The fourth-order valence-corrected chi connectivity index (χ4v) is 6.80. The highest BCUT2D eigenvalue weighted by Gasteiger charge is 2.26. The quantitative estimate of drug-likeness (QED) is 0.129. The van der Waals surface area contributed by atoms with Gasteiger partial charge in [0.25, 0.3) is 11.8 Å². The summed E-state index contributed by atoms with van der Waals surface area (Å²) in [6.45, 7) is 9.15. The minimum absolute atomic E-state index is 0.0667. The van der Waals surface area contributed by atoms with E-state index < -0.39 is 29.7 Å². The van der Waals surface area contributed by atoms with Crippen molar-refractivity contribution in [2.24, 2.45) is 11.7 Å². The fraction of sp³-hybridized carbons (Fsp3) is 0.600. The molecule has 0 aliphatic carbocycles. The second-order valence-corrected chi connectivity index (χ2v) is 14.1. The first kappa shape index (κ1) is 42.5. The number of nitrogens with zero attached hydrogens (tertiary/aromatic N) is 2. The maximum Gasteiger partial charge on any atom is 0.253 e. The molecule has 10 nitrogen and oxygen atoms in total. The van der Waals surface area contributed by atoms with Gasteiger partial charge in [0.1, 0.15) is 11.6 Å². The molecule has 2 aromatic carbocycles. The van der Waals surface area contributed by atoms with Crippen molar-refractivity contribution in [1.29, 1.82) is 0 Å². The molecule has 52 heavy (non-hydrogen) atoms. The zero-order valence-corrected chi connectivity index (χ0v) is 31.2. The number of aryl methyl sites for hydroxylation is 1. The molecule has 1 aliphatic heterocycles. The van der Waals surface area contributed by atoms with E-state index in [0.717, 1.165) is 63.1 Å². The SMILES string of the molecule is CCCN(CCC)C(=O)c1cc(C)cc(C(=O)N[C@@H](Cc2cc(F)cc(F)c2)[C@H](O)CCNC(=O)CCC2CCN(C(=O)CCCCCN)CC2)c1. The van der Waals surface area contributed by atoms with Crippen LogP contribution in [0.2, 0.25) is 0 Å². The van der Waals surface area contributed by atoms with Gasteiger partial charge >= 0.3 is 0 Å². The molecule has 1 heterocycles. The van der Waals surface area contributed by atoms with Crippen molar-refractivity contribution in [3.05, 3.63) is 70.3 Å². The predicted octanol–water partition coefficient (Wildman–Crippen LogP) is 5.28. The molecule has 0 spiro atoms. The van der Waals surface area contributed by atoms with E-state index in [4.69, 9.17) is 5.73 Å². The number of likely N-dealkylation sites (tertiary alicyclic amines) is 1. The fourth-order valence-electron chi connectivity index (χ4n) is 6.80. The van der Waals surface area contributed by atoms with Crippen LogP contribution in [0.3, 0.4) is 0 Å². The van der Waals surface area contributed by atoms with Gasteiger partial charge in [-0.1, -0.05) is 20.3 Å². The molecule has 0 unspecified atom stereocenters. The van der Waals surface area contributed by atoms with Crippen molar-refractivity contribution < 1.29 is 33.1 Å². The Labute approximate surface area is 307 Å². The van der Waals surface area contributed by atoms with Crippen molar-refractivity contribution in [3.8, 4) is 0 Å². The molecule has 1 fully saturated rings. The maximum atomic E-state index is 14.1. The number of rotatable bonds is 21. The normalized spacial score (nSPS) is 14.5. The van der Waals surface area contributed by atoms with Crippen LogP contribution in [0.1, 0.15) is 116 Å². The maximum absolute atomic E-state index is 14.1. The molecule has 0 aromatic heterocycles. The third kappa shape index (κ3) is 14.3. The second-order valence-electron chi connectivity index (χ2n) is 14.1. The minimum Gasteiger partial charge on any atom is -0.391 e. The number of hydrogen-bond acceptors (Lipinski definition) is 6. The van der Waals surface area contributed by atoms with Crippen LogP contribution in [0.25, 0.3) is 0 Å². The molecule has 288 valence electrons. The largest absolute Gasteiger partial charge is 0.391 e. The van der Waals surface area contributed by atoms with E-state index in [1.807, 2.05) is 18.7 Å². The van der Waals surface area contributed by atoms with Gasteiger partial charge in [-0.2, -0.15) is 0 Å². The van der Waals surface area contributed by atoms with E-state index in [1.165, 1.54) is 6.07 Å². The average Bonchev–Trinajstić information content (AvgIpc) is 3.11. The van der Waals surface area contributed by atoms with Gasteiger partial charge in [0.2, 0.25) is 11.8 Å². The Balaban J connectivity index is 1.57. The number of nitrogens with two attached hydrogens (primary N) is 1. The zero-order valence-electron chi connectivity index (χ0n) is 31.2. The van der Waals surface area contributed by atoms with E-state index in [1.54, 1.807) is 24.0 Å². The monoisotopic (exact) mass is 727 g/mol. The molecule has 2 aromatic rings. The van der Waals surface area contributed by atoms with Gasteiger partial charge in [0.15, 0.2) is 0 Å². The molecule has 1 saturated heterocycles. The van der Waals surface area contributed by atoms with Crippen LogP contribution in [0.5, 0.6) is 0 Å². The van der Waals surface area contributed by atoms with Crippen molar-refractivity contribution in [3.63, 3.8) is 0 Å². The van der Waals surface area contributed by atoms with Crippen LogP contribution in [-0.2, 0) is 16.0 Å². The molecule has 2 atom stereocenters. The molecule has 4 amide bonds. The Morgan fingerprint density at radius 3 is 2.21 bits per heavy atom. The molecular formula is C40H59F2N5O5. The average molecular weight is 728 g/mol. The Kier molecular flexibility index (Phi) is 18.2. The molecule has 5 N–H and O–H groups in total. The molecule has 1 aliphatic rings. The lowest BCUT2D eigenvalue weighted by Gasteiger charge is -2.32.